The second-order valence-corrected chi connectivity index (χ2v) is 5.68. The van der Waals surface area contributed by atoms with E-state index in [9.17, 15) is 22.0 Å². The third-order valence-electron chi connectivity index (χ3n) is 3.23. The monoisotopic (exact) mass is 358 g/mol. The molecule has 1 aromatic heterocycles. The molecule has 2 rings (SSSR count). The van der Waals surface area contributed by atoms with Crippen LogP contribution in [0.25, 0.3) is 0 Å². The largest absolute Gasteiger partial charge is 0.417 e. The first-order valence-corrected chi connectivity index (χ1v) is 6.84. The Morgan fingerprint density at radius 3 is 2.40 bits per heavy atom. The Balaban J connectivity index is 2.08. The number of hydrogen-bond donors (Lipinski definition) is 1. The minimum Gasteiger partial charge on any atom is -0.367 e. The maximum Gasteiger partial charge on any atom is 0.417 e. The first-order valence-electron chi connectivity index (χ1n) is 6.04. The molecule has 20 heavy (non-hydrogen) atoms. The summed E-state index contributed by atoms with van der Waals surface area (Å²) in [6.07, 6.45) is -3.51. The molecular weight excluding hydrogens is 347 g/mol. The van der Waals surface area contributed by atoms with Crippen molar-refractivity contribution in [3.8, 4) is 0 Å². The number of alkyl halides is 5. The van der Waals surface area contributed by atoms with Crippen molar-refractivity contribution >= 4 is 21.7 Å². The zero-order valence-corrected chi connectivity index (χ0v) is 11.9. The van der Waals surface area contributed by atoms with E-state index in [1.807, 2.05) is 0 Å². The third-order valence-corrected chi connectivity index (χ3v) is 3.86. The summed E-state index contributed by atoms with van der Waals surface area (Å²) in [5.74, 6) is -2.61. The standard InChI is InChI=1S/C12H12BrF5N2/c13-9-6-19-10(5-8(9)12(16,17)18)20-7-1-3-11(14,15)4-2-7/h5-7H,1-4H2,(H,19,20). The smallest absolute Gasteiger partial charge is 0.367 e. The van der Waals surface area contributed by atoms with Gasteiger partial charge < -0.3 is 5.32 Å². The maximum absolute atomic E-state index is 13.0. The fraction of sp³-hybridized carbons (Fsp3) is 0.583. The highest BCUT2D eigenvalue weighted by Gasteiger charge is 2.36. The van der Waals surface area contributed by atoms with Gasteiger partial charge >= 0.3 is 6.18 Å². The predicted molar refractivity (Wildman–Crippen MR) is 67.8 cm³/mol. The zero-order chi connectivity index (χ0) is 15.0. The number of rotatable bonds is 2. The molecule has 0 amide bonds. The summed E-state index contributed by atoms with van der Waals surface area (Å²) in [6.45, 7) is 0. The average Bonchev–Trinajstić information content (AvgIpc) is 2.33. The van der Waals surface area contributed by atoms with Gasteiger partial charge in [-0.05, 0) is 34.8 Å². The first-order chi connectivity index (χ1) is 9.17. The van der Waals surface area contributed by atoms with Crippen LogP contribution in [-0.2, 0) is 6.18 Å². The van der Waals surface area contributed by atoms with E-state index in [0.717, 1.165) is 12.3 Å². The van der Waals surface area contributed by atoms with Crippen LogP contribution in [0.4, 0.5) is 27.8 Å². The van der Waals surface area contributed by atoms with Crippen molar-refractivity contribution in [3.05, 3.63) is 22.3 Å². The van der Waals surface area contributed by atoms with Crippen molar-refractivity contribution in [1.29, 1.82) is 0 Å². The summed E-state index contributed by atoms with van der Waals surface area (Å²) in [7, 11) is 0. The lowest BCUT2D eigenvalue weighted by Crippen LogP contribution is -2.32. The summed E-state index contributed by atoms with van der Waals surface area (Å²) in [5, 5.41) is 2.79. The second kappa shape index (κ2) is 5.46. The van der Waals surface area contributed by atoms with Gasteiger partial charge in [0.2, 0.25) is 5.92 Å². The Morgan fingerprint density at radius 2 is 1.85 bits per heavy atom. The van der Waals surface area contributed by atoms with Crippen molar-refractivity contribution in [2.75, 3.05) is 5.32 Å². The van der Waals surface area contributed by atoms with Gasteiger partial charge in [-0.25, -0.2) is 13.8 Å². The average molecular weight is 359 g/mol. The van der Waals surface area contributed by atoms with E-state index in [2.05, 4.69) is 26.2 Å². The van der Waals surface area contributed by atoms with Gasteiger partial charge in [0.1, 0.15) is 5.82 Å². The predicted octanol–water partition coefficient (Wildman–Crippen LogP) is 4.85. The minimum atomic E-state index is -4.49. The Labute approximate surface area is 120 Å². The van der Waals surface area contributed by atoms with Gasteiger partial charge in [0.25, 0.3) is 0 Å². The fourth-order valence-corrected chi connectivity index (χ4v) is 2.57. The van der Waals surface area contributed by atoms with E-state index in [1.54, 1.807) is 0 Å². The van der Waals surface area contributed by atoms with Crippen LogP contribution in [0.3, 0.4) is 0 Å². The van der Waals surface area contributed by atoms with E-state index in [4.69, 9.17) is 0 Å². The van der Waals surface area contributed by atoms with Crippen LogP contribution in [0.5, 0.6) is 0 Å². The van der Waals surface area contributed by atoms with Crippen LogP contribution in [0.2, 0.25) is 0 Å². The number of anilines is 1. The second-order valence-electron chi connectivity index (χ2n) is 4.82. The topological polar surface area (TPSA) is 24.9 Å². The third kappa shape index (κ3) is 3.80. The van der Waals surface area contributed by atoms with Crippen molar-refractivity contribution in [3.63, 3.8) is 0 Å². The van der Waals surface area contributed by atoms with Crippen LogP contribution < -0.4 is 5.32 Å². The summed E-state index contributed by atoms with van der Waals surface area (Å²) < 4.78 is 64.0. The number of hydrogen-bond acceptors (Lipinski definition) is 2. The molecule has 1 fully saturated rings. The molecule has 0 aliphatic heterocycles. The molecule has 0 aromatic carbocycles. The molecule has 1 saturated carbocycles. The number of nitrogens with zero attached hydrogens (tertiary/aromatic N) is 1. The molecule has 0 radical (unpaired) electrons. The Kier molecular flexibility index (Phi) is 4.22. The summed E-state index contributed by atoms with van der Waals surface area (Å²) >= 11 is 2.80. The SMILES string of the molecule is FC1(F)CCC(Nc2cc(C(F)(F)F)c(Br)cn2)CC1. The van der Waals surface area contributed by atoms with Gasteiger partial charge in [-0.3, -0.25) is 0 Å². The molecule has 1 aliphatic rings. The van der Waals surface area contributed by atoms with Crippen LogP contribution in [0.1, 0.15) is 31.2 Å². The lowest BCUT2D eigenvalue weighted by Gasteiger charge is -2.29. The van der Waals surface area contributed by atoms with Crippen molar-refractivity contribution in [1.82, 2.24) is 4.98 Å². The molecule has 8 heteroatoms. The molecule has 0 saturated heterocycles. The van der Waals surface area contributed by atoms with E-state index in [0.29, 0.717) is 0 Å². The molecule has 2 nitrogen and oxygen atoms in total. The van der Waals surface area contributed by atoms with Gasteiger partial charge in [-0.1, -0.05) is 0 Å². The molecule has 0 atom stereocenters. The highest BCUT2D eigenvalue weighted by atomic mass is 79.9. The quantitative estimate of drug-likeness (QED) is 0.764. The molecule has 0 unspecified atom stereocenters. The fourth-order valence-electron chi connectivity index (χ4n) is 2.13. The van der Waals surface area contributed by atoms with Crippen LogP contribution >= 0.6 is 15.9 Å². The minimum absolute atomic E-state index is 0.0516. The number of pyridine rings is 1. The summed E-state index contributed by atoms with van der Waals surface area (Å²) in [5.41, 5.74) is -0.837. The summed E-state index contributed by atoms with van der Waals surface area (Å²) in [4.78, 5) is 3.84. The van der Waals surface area contributed by atoms with E-state index in [-0.39, 0.29) is 42.0 Å². The summed E-state index contributed by atoms with van der Waals surface area (Å²) in [6, 6.07) is 0.612. The first kappa shape index (κ1) is 15.5. The number of halogens is 6. The van der Waals surface area contributed by atoms with Gasteiger partial charge in [-0.2, -0.15) is 13.2 Å². The molecule has 0 bridgehead atoms. The van der Waals surface area contributed by atoms with Crippen molar-refractivity contribution in [2.45, 2.75) is 43.8 Å². The maximum atomic E-state index is 13.0. The Hall–Kier alpha value is -0.920. The lowest BCUT2D eigenvalue weighted by molar-refractivity contribution is -0.138. The molecule has 0 spiro atoms. The Bertz CT molecular complexity index is 479. The highest BCUT2D eigenvalue weighted by Crippen LogP contribution is 2.37. The number of aromatic nitrogens is 1. The molecule has 1 aliphatic carbocycles. The highest BCUT2D eigenvalue weighted by molar-refractivity contribution is 9.10. The van der Waals surface area contributed by atoms with Gasteiger partial charge in [0.05, 0.1) is 5.56 Å². The molecule has 1 heterocycles. The van der Waals surface area contributed by atoms with Crippen LogP contribution in [0.15, 0.2) is 16.7 Å². The van der Waals surface area contributed by atoms with Gasteiger partial charge in [0, 0.05) is 29.6 Å². The lowest BCUT2D eigenvalue weighted by atomic mass is 9.92. The zero-order valence-electron chi connectivity index (χ0n) is 10.3. The van der Waals surface area contributed by atoms with E-state index >= 15 is 0 Å². The van der Waals surface area contributed by atoms with Gasteiger partial charge in [0.15, 0.2) is 0 Å². The number of nitrogens with one attached hydrogen (secondary N) is 1. The van der Waals surface area contributed by atoms with E-state index in [1.165, 1.54) is 0 Å². The van der Waals surface area contributed by atoms with Crippen molar-refractivity contribution < 1.29 is 22.0 Å². The normalized spacial score (nSPS) is 19.9. The molecule has 112 valence electrons. The van der Waals surface area contributed by atoms with Crippen molar-refractivity contribution in [2.24, 2.45) is 0 Å². The Morgan fingerprint density at radius 1 is 1.25 bits per heavy atom. The molecular formula is C12H12BrF5N2. The van der Waals surface area contributed by atoms with Crippen LogP contribution in [0, 0.1) is 0 Å². The van der Waals surface area contributed by atoms with Gasteiger partial charge in [-0.15, -0.1) is 0 Å². The van der Waals surface area contributed by atoms with E-state index < -0.39 is 17.7 Å². The molecule has 1 aromatic rings. The molecule has 1 N–H and O–H groups in total. The van der Waals surface area contributed by atoms with Crippen LogP contribution in [-0.4, -0.2) is 16.9 Å².